The van der Waals surface area contributed by atoms with Gasteiger partial charge < -0.3 is 16.0 Å². The Hall–Kier alpha value is -1.76. The Bertz CT molecular complexity index is 796. The molecule has 0 aromatic rings. The van der Waals surface area contributed by atoms with Crippen LogP contribution in [0.1, 0.15) is 85.0 Å². The molecule has 4 fully saturated rings. The third kappa shape index (κ3) is 4.89. The monoisotopic (exact) mass is 459 g/mol. The van der Waals surface area contributed by atoms with Gasteiger partial charge in [-0.2, -0.15) is 0 Å². The molecule has 2 amide bonds. The predicted octanol–water partition coefficient (Wildman–Crippen LogP) is 2.60. The van der Waals surface area contributed by atoms with Crippen molar-refractivity contribution in [2.45, 2.75) is 103 Å². The molecule has 1 heterocycles. The quantitative estimate of drug-likeness (QED) is 0.428. The molecule has 3 saturated carbocycles. The molecule has 0 bridgehead atoms. The molecule has 0 radical (unpaired) electrons. The van der Waals surface area contributed by atoms with E-state index in [-0.39, 0.29) is 17.2 Å². The van der Waals surface area contributed by atoms with Crippen LogP contribution in [-0.2, 0) is 19.2 Å². The van der Waals surface area contributed by atoms with Gasteiger partial charge in [0.15, 0.2) is 6.29 Å². The van der Waals surface area contributed by atoms with Gasteiger partial charge in [0.2, 0.25) is 17.6 Å². The molecule has 3 aliphatic carbocycles. The highest BCUT2D eigenvalue weighted by Crippen LogP contribution is 2.65. The Balaban J connectivity index is 1.51. The van der Waals surface area contributed by atoms with Crippen molar-refractivity contribution < 1.29 is 19.2 Å². The number of likely N-dealkylation sites (tertiary alicyclic amines) is 1. The fourth-order valence-electron chi connectivity index (χ4n) is 6.50. The van der Waals surface area contributed by atoms with Crippen LogP contribution >= 0.6 is 0 Å². The van der Waals surface area contributed by atoms with Gasteiger partial charge in [-0.3, -0.25) is 19.2 Å². The number of amides is 2. The highest BCUT2D eigenvalue weighted by Gasteiger charge is 2.64. The molecule has 1 aliphatic heterocycles. The normalized spacial score (nSPS) is 31.8. The summed E-state index contributed by atoms with van der Waals surface area (Å²) in [6.07, 6.45) is 10.7. The van der Waals surface area contributed by atoms with Crippen molar-refractivity contribution in [1.82, 2.24) is 10.2 Å². The molecule has 184 valence electrons. The lowest BCUT2D eigenvalue weighted by atomic mass is 9.80. The van der Waals surface area contributed by atoms with Crippen molar-refractivity contribution in [3.8, 4) is 0 Å². The number of Topliss-reactive ketones (excluding diaryl/α,β-unsaturated/α-hetero) is 1. The van der Waals surface area contributed by atoms with E-state index in [2.05, 4.69) is 5.32 Å². The Kier molecular flexibility index (Phi) is 6.74. The van der Waals surface area contributed by atoms with Crippen LogP contribution in [-0.4, -0.2) is 53.5 Å². The number of carbonyl (C=O) groups is 4. The lowest BCUT2D eigenvalue weighted by Crippen LogP contribution is -2.56. The van der Waals surface area contributed by atoms with E-state index < -0.39 is 29.3 Å². The largest absolute Gasteiger partial charge is 0.344 e. The minimum absolute atomic E-state index is 0.00240. The van der Waals surface area contributed by atoms with E-state index in [4.69, 9.17) is 5.73 Å². The highest BCUT2D eigenvalue weighted by molar-refractivity contribution is 6.28. The smallest absolute Gasteiger partial charge is 0.243 e. The number of ketones is 1. The van der Waals surface area contributed by atoms with E-state index in [1.165, 1.54) is 25.7 Å². The van der Waals surface area contributed by atoms with Crippen LogP contribution in [0, 0.1) is 28.6 Å². The van der Waals surface area contributed by atoms with Crippen molar-refractivity contribution in [3.63, 3.8) is 0 Å². The maximum Gasteiger partial charge on any atom is 0.243 e. The van der Waals surface area contributed by atoms with Gasteiger partial charge >= 0.3 is 0 Å². The topological polar surface area (TPSA) is 110 Å². The maximum absolute atomic E-state index is 13.5. The minimum atomic E-state index is -0.796. The first kappa shape index (κ1) is 24.4. The van der Waals surface area contributed by atoms with Crippen molar-refractivity contribution in [1.29, 1.82) is 0 Å². The fourth-order valence-corrected chi connectivity index (χ4v) is 6.50. The van der Waals surface area contributed by atoms with Crippen molar-refractivity contribution in [2.24, 2.45) is 34.3 Å². The molecule has 33 heavy (non-hydrogen) atoms. The van der Waals surface area contributed by atoms with Gasteiger partial charge in [-0.15, -0.1) is 0 Å². The Morgan fingerprint density at radius 1 is 1.09 bits per heavy atom. The Labute approximate surface area is 197 Å². The van der Waals surface area contributed by atoms with Crippen LogP contribution in [0.4, 0.5) is 0 Å². The summed E-state index contributed by atoms with van der Waals surface area (Å²) in [5.74, 6) is 0.565. The predicted molar refractivity (Wildman–Crippen MR) is 125 cm³/mol. The van der Waals surface area contributed by atoms with Gasteiger partial charge in [0, 0.05) is 6.54 Å². The number of carbonyl (C=O) groups excluding carboxylic acids is 4. The Morgan fingerprint density at radius 2 is 1.76 bits per heavy atom. The molecule has 1 spiro atoms. The van der Waals surface area contributed by atoms with Gasteiger partial charge in [-0.05, 0) is 47.8 Å². The van der Waals surface area contributed by atoms with Crippen molar-refractivity contribution >= 4 is 23.9 Å². The van der Waals surface area contributed by atoms with E-state index in [9.17, 15) is 19.2 Å². The van der Waals surface area contributed by atoms with Gasteiger partial charge in [-0.25, -0.2) is 0 Å². The third-order valence-corrected chi connectivity index (χ3v) is 9.04. The molecule has 4 aliphatic rings. The summed E-state index contributed by atoms with van der Waals surface area (Å²) < 4.78 is 0. The first-order valence-electron chi connectivity index (χ1n) is 12.9. The van der Waals surface area contributed by atoms with Crippen LogP contribution in [0.15, 0.2) is 0 Å². The average molecular weight is 460 g/mol. The van der Waals surface area contributed by atoms with Crippen LogP contribution in [0.2, 0.25) is 0 Å². The first-order chi connectivity index (χ1) is 15.6. The second kappa shape index (κ2) is 9.12. The molecule has 4 rings (SSSR count). The number of hydrogen-bond acceptors (Lipinski definition) is 5. The van der Waals surface area contributed by atoms with E-state index in [0.29, 0.717) is 43.4 Å². The van der Waals surface area contributed by atoms with Crippen molar-refractivity contribution in [2.75, 3.05) is 6.54 Å². The number of nitrogens with one attached hydrogen (secondary N) is 1. The first-order valence-corrected chi connectivity index (χ1v) is 12.9. The molecule has 7 nitrogen and oxygen atoms in total. The van der Waals surface area contributed by atoms with Gasteiger partial charge in [0.25, 0.3) is 0 Å². The summed E-state index contributed by atoms with van der Waals surface area (Å²) in [7, 11) is 0. The maximum atomic E-state index is 13.5. The average Bonchev–Trinajstić information content (AvgIpc) is 3.09. The zero-order chi connectivity index (χ0) is 24.0. The second-order valence-corrected chi connectivity index (χ2v) is 12.4. The zero-order valence-electron chi connectivity index (χ0n) is 20.5. The summed E-state index contributed by atoms with van der Waals surface area (Å²) in [4.78, 5) is 52.1. The fraction of sp³-hybridized carbons (Fsp3) is 0.846. The van der Waals surface area contributed by atoms with Gasteiger partial charge in [0.1, 0.15) is 6.04 Å². The van der Waals surface area contributed by atoms with Gasteiger partial charge in [-0.1, -0.05) is 65.7 Å². The molecule has 3 unspecified atom stereocenters. The van der Waals surface area contributed by atoms with Crippen LogP contribution < -0.4 is 11.1 Å². The van der Waals surface area contributed by atoms with E-state index in [1.54, 1.807) is 4.90 Å². The van der Waals surface area contributed by atoms with E-state index in [0.717, 1.165) is 25.7 Å². The second-order valence-electron chi connectivity index (χ2n) is 12.4. The summed E-state index contributed by atoms with van der Waals surface area (Å²) >= 11 is 0. The molecule has 0 aromatic carbocycles. The van der Waals surface area contributed by atoms with Crippen molar-refractivity contribution in [3.05, 3.63) is 0 Å². The Morgan fingerprint density at radius 3 is 2.30 bits per heavy atom. The summed E-state index contributed by atoms with van der Waals surface area (Å²) in [6, 6.07) is -2.12. The number of aldehydes is 1. The van der Waals surface area contributed by atoms with Gasteiger partial charge in [0.05, 0.1) is 12.1 Å². The highest BCUT2D eigenvalue weighted by atomic mass is 16.2. The number of nitrogens with two attached hydrogens (primary N) is 1. The van der Waals surface area contributed by atoms with E-state index >= 15 is 0 Å². The SMILES string of the molecule is CC(C)(C)[C@@H](N)C(=O)N1C[C@@]2(CC1C(=O)NC(CC1CCC1)C(=O)C=O)CC2C1CCCC1. The summed E-state index contributed by atoms with van der Waals surface area (Å²) in [5, 5.41) is 2.87. The molecular formula is C26H41N3O4. The minimum Gasteiger partial charge on any atom is -0.344 e. The van der Waals surface area contributed by atoms with Crippen LogP contribution in [0.3, 0.4) is 0 Å². The number of rotatable bonds is 8. The number of nitrogens with zero attached hydrogens (tertiary/aromatic N) is 1. The lowest BCUT2D eigenvalue weighted by Gasteiger charge is -2.33. The van der Waals surface area contributed by atoms with E-state index in [1.807, 2.05) is 20.8 Å². The summed E-state index contributed by atoms with van der Waals surface area (Å²) in [6.45, 7) is 6.38. The molecular weight excluding hydrogens is 418 g/mol. The lowest BCUT2D eigenvalue weighted by molar-refractivity contribution is -0.142. The molecule has 0 aromatic heterocycles. The molecule has 3 N–H and O–H groups in total. The molecule has 7 heteroatoms. The number of hydrogen-bond donors (Lipinski definition) is 2. The molecule has 5 atom stereocenters. The third-order valence-electron chi connectivity index (χ3n) is 9.04. The summed E-state index contributed by atoms with van der Waals surface area (Å²) in [5.41, 5.74) is 5.93. The van der Waals surface area contributed by atoms with Crippen LogP contribution in [0.5, 0.6) is 0 Å². The zero-order valence-corrected chi connectivity index (χ0v) is 20.5. The standard InChI is InChI=1S/C26H41N3O4/c1-25(2,3)22(27)24(33)29-15-26(12-18(26)17-9-4-5-10-17)13-20(29)23(32)28-19(21(31)14-30)11-16-7-6-8-16/h14,16-20,22H,4-13,15,27H2,1-3H3,(H,28,32)/t18?,19?,20?,22-,26-/m0/s1. The van der Waals surface area contributed by atoms with Crippen LogP contribution in [0.25, 0.3) is 0 Å². The molecule has 1 saturated heterocycles.